The fourth-order valence-corrected chi connectivity index (χ4v) is 3.44. The Hall–Kier alpha value is -4.05. The summed E-state index contributed by atoms with van der Waals surface area (Å²) < 4.78 is 17.2. The molecule has 0 atom stereocenters. The minimum Gasteiger partial charge on any atom is -0.337 e. The third-order valence-electron chi connectivity index (χ3n) is 4.56. The van der Waals surface area contributed by atoms with Crippen LogP contribution in [0.15, 0.2) is 78.2 Å². The molecule has 0 saturated heterocycles. The van der Waals surface area contributed by atoms with Crippen LogP contribution in [0.4, 0.5) is 33.2 Å². The Kier molecular flexibility index (Phi) is 6.45. The highest BCUT2D eigenvalue weighted by Gasteiger charge is 2.14. The molecule has 8 nitrogen and oxygen atoms in total. The maximum atomic E-state index is 14.7. The average molecular weight is 508 g/mol. The number of aromatic nitrogens is 4. The van der Waals surface area contributed by atoms with E-state index in [-0.39, 0.29) is 5.69 Å². The van der Waals surface area contributed by atoms with Gasteiger partial charge in [0, 0.05) is 35.2 Å². The molecule has 1 amide bonds. The Labute approximate surface area is 197 Å². The summed E-state index contributed by atoms with van der Waals surface area (Å²) in [7, 11) is 1.80. The van der Waals surface area contributed by atoms with Gasteiger partial charge in [0.1, 0.15) is 11.6 Å². The van der Waals surface area contributed by atoms with E-state index in [2.05, 4.69) is 53.5 Å². The van der Waals surface area contributed by atoms with Crippen LogP contribution in [-0.4, -0.2) is 25.7 Å². The average Bonchev–Trinajstić information content (AvgIpc) is 3.20. The van der Waals surface area contributed by atoms with Gasteiger partial charge in [-0.1, -0.05) is 34.6 Å². The molecule has 0 bridgehead atoms. The van der Waals surface area contributed by atoms with Crippen molar-refractivity contribution >= 4 is 50.7 Å². The van der Waals surface area contributed by atoms with Crippen molar-refractivity contribution in [3.8, 4) is 11.1 Å². The van der Waals surface area contributed by atoms with Crippen LogP contribution in [0, 0.1) is 5.82 Å². The van der Waals surface area contributed by atoms with Crippen LogP contribution in [0.25, 0.3) is 11.1 Å². The highest BCUT2D eigenvalue weighted by atomic mass is 79.9. The fraction of sp³-hybridized carbons (Fsp3) is 0.0435. The van der Waals surface area contributed by atoms with E-state index in [0.717, 1.165) is 16.1 Å². The van der Waals surface area contributed by atoms with E-state index in [1.807, 2.05) is 24.3 Å². The Balaban J connectivity index is 1.74. The second-order valence-electron chi connectivity index (χ2n) is 7.01. The van der Waals surface area contributed by atoms with Crippen molar-refractivity contribution in [1.29, 1.82) is 0 Å². The molecule has 4 aromatic rings. The molecular formula is C23H19BrFN7O. The summed E-state index contributed by atoms with van der Waals surface area (Å²) >= 11 is 3.47. The molecule has 0 unspecified atom stereocenters. The maximum Gasteiger partial charge on any atom is 0.247 e. The second-order valence-corrected chi connectivity index (χ2v) is 7.92. The number of benzene rings is 2. The first-order valence-electron chi connectivity index (χ1n) is 9.80. The summed E-state index contributed by atoms with van der Waals surface area (Å²) in [6.45, 7) is 3.43. The smallest absolute Gasteiger partial charge is 0.247 e. The monoisotopic (exact) mass is 507 g/mol. The second kappa shape index (κ2) is 9.61. The topological polar surface area (TPSA) is 96.8 Å². The van der Waals surface area contributed by atoms with Gasteiger partial charge in [0.15, 0.2) is 0 Å². The lowest BCUT2D eigenvalue weighted by Gasteiger charge is -2.14. The van der Waals surface area contributed by atoms with E-state index < -0.39 is 11.7 Å². The number of halogens is 2. The van der Waals surface area contributed by atoms with Crippen molar-refractivity contribution in [2.24, 2.45) is 7.05 Å². The third kappa shape index (κ3) is 5.42. The van der Waals surface area contributed by atoms with E-state index in [0.29, 0.717) is 28.7 Å². The van der Waals surface area contributed by atoms with E-state index in [9.17, 15) is 9.18 Å². The Morgan fingerprint density at radius 1 is 1.15 bits per heavy atom. The Morgan fingerprint density at radius 2 is 2.00 bits per heavy atom. The summed E-state index contributed by atoms with van der Waals surface area (Å²) in [4.78, 5) is 20.6. The molecule has 3 N–H and O–H groups in total. The van der Waals surface area contributed by atoms with Gasteiger partial charge < -0.3 is 16.0 Å². The normalized spacial score (nSPS) is 10.5. The molecule has 2 aromatic heterocycles. The largest absolute Gasteiger partial charge is 0.337 e. The maximum absolute atomic E-state index is 14.7. The van der Waals surface area contributed by atoms with Crippen molar-refractivity contribution in [3.63, 3.8) is 0 Å². The van der Waals surface area contributed by atoms with Gasteiger partial charge in [0.05, 0.1) is 17.6 Å². The predicted octanol–water partition coefficient (Wildman–Crippen LogP) is 5.39. The van der Waals surface area contributed by atoms with E-state index in [1.165, 1.54) is 18.2 Å². The molecule has 33 heavy (non-hydrogen) atoms. The number of hydrogen-bond acceptors (Lipinski definition) is 6. The summed E-state index contributed by atoms with van der Waals surface area (Å²) in [5.74, 6) is -0.221. The van der Waals surface area contributed by atoms with Gasteiger partial charge in [-0.2, -0.15) is 10.1 Å². The first-order chi connectivity index (χ1) is 15.9. The number of carbonyl (C=O) groups is 1. The molecule has 4 rings (SSSR count). The highest BCUT2D eigenvalue weighted by molar-refractivity contribution is 9.10. The number of carbonyl (C=O) groups excluding carboxylic acids is 1. The van der Waals surface area contributed by atoms with Gasteiger partial charge in [0.25, 0.3) is 0 Å². The highest BCUT2D eigenvalue weighted by Crippen LogP contribution is 2.32. The minimum atomic E-state index is -0.507. The summed E-state index contributed by atoms with van der Waals surface area (Å²) in [6.07, 6.45) is 6.22. The standard InChI is InChI=1S/C23H19BrFN7O/c1-3-21(33)28-16-7-8-19(25)20(10-16)30-22-18(14-5-4-6-15(24)9-14)12-26-23(31-22)29-17-11-27-32(2)13-17/h3-13H,1H2,2H3,(H,28,33)(H2,26,29,30,31). The molecule has 10 heteroatoms. The lowest BCUT2D eigenvalue weighted by atomic mass is 10.1. The van der Waals surface area contributed by atoms with E-state index >= 15 is 0 Å². The lowest BCUT2D eigenvalue weighted by Crippen LogP contribution is -2.08. The van der Waals surface area contributed by atoms with Crippen molar-refractivity contribution < 1.29 is 9.18 Å². The summed E-state index contributed by atoms with van der Waals surface area (Å²) in [5.41, 5.74) is 2.75. The van der Waals surface area contributed by atoms with Gasteiger partial charge in [-0.05, 0) is 42.0 Å². The molecule has 0 aliphatic carbocycles. The lowest BCUT2D eigenvalue weighted by molar-refractivity contribution is -0.111. The third-order valence-corrected chi connectivity index (χ3v) is 5.05. The van der Waals surface area contributed by atoms with Gasteiger partial charge in [-0.25, -0.2) is 9.37 Å². The molecular weight excluding hydrogens is 489 g/mol. The van der Waals surface area contributed by atoms with Crippen LogP contribution in [0.3, 0.4) is 0 Å². The molecule has 0 aliphatic heterocycles. The van der Waals surface area contributed by atoms with Gasteiger partial charge in [-0.3, -0.25) is 9.48 Å². The van der Waals surface area contributed by atoms with Crippen LogP contribution < -0.4 is 16.0 Å². The Bertz CT molecular complexity index is 1340. The molecule has 0 aliphatic rings. The molecule has 0 fully saturated rings. The van der Waals surface area contributed by atoms with Crippen LogP contribution >= 0.6 is 15.9 Å². The first kappa shape index (κ1) is 22.2. The summed E-state index contributed by atoms with van der Waals surface area (Å²) in [5, 5.41) is 12.9. The number of amides is 1. The van der Waals surface area contributed by atoms with Crippen LogP contribution in [0.2, 0.25) is 0 Å². The number of anilines is 5. The van der Waals surface area contributed by atoms with Gasteiger partial charge in [-0.15, -0.1) is 0 Å². The Morgan fingerprint density at radius 3 is 2.73 bits per heavy atom. The van der Waals surface area contributed by atoms with Crippen molar-refractivity contribution in [2.75, 3.05) is 16.0 Å². The quantitative estimate of drug-likeness (QED) is 0.290. The zero-order valence-corrected chi connectivity index (χ0v) is 19.1. The van der Waals surface area contributed by atoms with Gasteiger partial charge in [0.2, 0.25) is 11.9 Å². The molecule has 2 aromatic carbocycles. The van der Waals surface area contributed by atoms with Crippen LogP contribution in [0.1, 0.15) is 0 Å². The number of aryl methyl sites for hydroxylation is 1. The van der Waals surface area contributed by atoms with Crippen molar-refractivity contribution in [2.45, 2.75) is 0 Å². The number of nitrogens with zero attached hydrogens (tertiary/aromatic N) is 4. The number of nitrogens with one attached hydrogen (secondary N) is 3. The zero-order chi connectivity index (χ0) is 23.4. The molecule has 0 spiro atoms. The van der Waals surface area contributed by atoms with Gasteiger partial charge >= 0.3 is 0 Å². The van der Waals surface area contributed by atoms with Crippen LogP contribution in [0.5, 0.6) is 0 Å². The fourth-order valence-electron chi connectivity index (χ4n) is 3.04. The summed E-state index contributed by atoms with van der Waals surface area (Å²) in [6, 6.07) is 11.8. The molecule has 0 saturated carbocycles. The molecule has 0 radical (unpaired) electrons. The van der Waals surface area contributed by atoms with E-state index in [4.69, 9.17) is 0 Å². The SMILES string of the molecule is C=CC(=O)Nc1ccc(F)c(Nc2nc(Nc3cnn(C)c3)ncc2-c2cccc(Br)c2)c1. The minimum absolute atomic E-state index is 0.138. The molecule has 2 heterocycles. The molecule has 166 valence electrons. The first-order valence-corrected chi connectivity index (χ1v) is 10.6. The van der Waals surface area contributed by atoms with E-state index in [1.54, 1.807) is 30.3 Å². The van der Waals surface area contributed by atoms with Crippen molar-refractivity contribution in [1.82, 2.24) is 19.7 Å². The number of hydrogen-bond donors (Lipinski definition) is 3. The zero-order valence-electron chi connectivity index (χ0n) is 17.5. The number of rotatable bonds is 7. The predicted molar refractivity (Wildman–Crippen MR) is 130 cm³/mol. The van der Waals surface area contributed by atoms with Crippen molar-refractivity contribution in [3.05, 3.63) is 84.0 Å². The van der Waals surface area contributed by atoms with Crippen LogP contribution in [-0.2, 0) is 11.8 Å².